The summed E-state index contributed by atoms with van der Waals surface area (Å²) in [5, 5.41) is 15.9. The Morgan fingerprint density at radius 1 is 1.19 bits per heavy atom. The molecule has 0 saturated carbocycles. The average molecular weight is 422 g/mol. The smallest absolute Gasteiger partial charge is 0.234 e. The van der Waals surface area contributed by atoms with E-state index >= 15 is 0 Å². The van der Waals surface area contributed by atoms with Crippen LogP contribution in [-0.2, 0) is 4.79 Å². The van der Waals surface area contributed by atoms with Gasteiger partial charge in [-0.3, -0.25) is 4.79 Å². The van der Waals surface area contributed by atoms with Crippen molar-refractivity contribution < 1.29 is 4.79 Å². The quantitative estimate of drug-likeness (QED) is 0.608. The summed E-state index contributed by atoms with van der Waals surface area (Å²) in [7, 11) is 0. The normalized spacial score (nSPS) is 10.9. The lowest BCUT2D eigenvalue weighted by Crippen LogP contribution is -2.15. The molecule has 140 valence electrons. The van der Waals surface area contributed by atoms with E-state index < -0.39 is 0 Å². The van der Waals surface area contributed by atoms with Crippen LogP contribution in [0.25, 0.3) is 5.69 Å². The summed E-state index contributed by atoms with van der Waals surface area (Å²) < 4.78 is 1.66. The topological polar surface area (TPSA) is 72.7 Å². The Labute approximate surface area is 171 Å². The van der Waals surface area contributed by atoms with E-state index in [0.717, 1.165) is 16.8 Å². The van der Waals surface area contributed by atoms with Gasteiger partial charge in [-0.2, -0.15) is 4.68 Å². The molecular formula is C18H17Cl2N5OS. The first-order valence-corrected chi connectivity index (χ1v) is 9.84. The third kappa shape index (κ3) is 4.43. The highest BCUT2D eigenvalue weighted by Crippen LogP contribution is 2.30. The maximum absolute atomic E-state index is 12.3. The lowest BCUT2D eigenvalue weighted by atomic mass is 10.1. The van der Waals surface area contributed by atoms with E-state index in [0.29, 0.717) is 20.9 Å². The SMILES string of the molecule is Cc1cc(C)c(-n2nnnc2SCC(=O)Nc2cccc(Cl)c2Cl)c(C)c1. The van der Waals surface area contributed by atoms with Crippen molar-refractivity contribution in [3.05, 3.63) is 57.1 Å². The molecular weight excluding hydrogens is 405 g/mol. The van der Waals surface area contributed by atoms with Crippen molar-refractivity contribution >= 4 is 46.6 Å². The molecule has 0 aliphatic rings. The fourth-order valence-electron chi connectivity index (χ4n) is 2.83. The number of carbonyl (C=O) groups is 1. The van der Waals surface area contributed by atoms with Crippen LogP contribution in [0.4, 0.5) is 5.69 Å². The Morgan fingerprint density at radius 3 is 2.59 bits per heavy atom. The molecule has 0 aliphatic heterocycles. The standard InChI is InChI=1S/C18H17Cl2N5OS/c1-10-7-11(2)17(12(3)8-10)25-18(22-23-24-25)27-9-15(26)21-14-6-4-5-13(19)16(14)20/h4-8H,9H2,1-3H3,(H,21,26). The molecule has 1 amide bonds. The maximum Gasteiger partial charge on any atom is 0.234 e. The van der Waals surface area contributed by atoms with Gasteiger partial charge in [0, 0.05) is 0 Å². The number of tetrazole rings is 1. The number of benzene rings is 2. The van der Waals surface area contributed by atoms with E-state index in [1.807, 2.05) is 20.8 Å². The molecule has 0 fully saturated rings. The number of hydrogen-bond donors (Lipinski definition) is 1. The van der Waals surface area contributed by atoms with Gasteiger partial charge in [0.15, 0.2) is 0 Å². The van der Waals surface area contributed by atoms with E-state index in [1.165, 1.54) is 17.3 Å². The predicted molar refractivity (Wildman–Crippen MR) is 109 cm³/mol. The molecule has 0 bridgehead atoms. The van der Waals surface area contributed by atoms with E-state index in [4.69, 9.17) is 23.2 Å². The van der Waals surface area contributed by atoms with Crippen molar-refractivity contribution in [1.82, 2.24) is 20.2 Å². The van der Waals surface area contributed by atoms with Gasteiger partial charge in [0.05, 0.1) is 27.2 Å². The number of halogens is 2. The Kier molecular flexibility index (Phi) is 6.04. The number of amides is 1. The molecule has 0 spiro atoms. The van der Waals surface area contributed by atoms with Gasteiger partial charge in [-0.1, -0.05) is 58.7 Å². The van der Waals surface area contributed by atoms with Gasteiger partial charge >= 0.3 is 0 Å². The van der Waals surface area contributed by atoms with E-state index in [2.05, 4.69) is 33.0 Å². The summed E-state index contributed by atoms with van der Waals surface area (Å²) in [5.74, 6) is -0.0937. The second-order valence-corrected chi connectivity index (χ2v) is 7.79. The van der Waals surface area contributed by atoms with E-state index in [-0.39, 0.29) is 11.7 Å². The van der Waals surface area contributed by atoms with Crippen molar-refractivity contribution in [2.24, 2.45) is 0 Å². The Balaban J connectivity index is 1.74. The van der Waals surface area contributed by atoms with E-state index in [1.54, 1.807) is 22.9 Å². The van der Waals surface area contributed by atoms with Gasteiger partial charge in [0.25, 0.3) is 0 Å². The number of nitrogens with zero attached hydrogens (tertiary/aromatic N) is 4. The molecule has 0 radical (unpaired) electrons. The average Bonchev–Trinajstić information content (AvgIpc) is 3.04. The van der Waals surface area contributed by atoms with Crippen LogP contribution in [0, 0.1) is 20.8 Å². The van der Waals surface area contributed by atoms with Crippen LogP contribution in [0.1, 0.15) is 16.7 Å². The molecule has 2 aromatic carbocycles. The summed E-state index contributed by atoms with van der Waals surface area (Å²) in [6, 6.07) is 9.23. The maximum atomic E-state index is 12.3. The van der Waals surface area contributed by atoms with Crippen LogP contribution in [0.2, 0.25) is 10.0 Å². The minimum atomic E-state index is -0.226. The van der Waals surface area contributed by atoms with Crippen LogP contribution in [0.15, 0.2) is 35.5 Å². The summed E-state index contributed by atoms with van der Waals surface area (Å²) >= 11 is 13.3. The molecule has 6 nitrogen and oxygen atoms in total. The second-order valence-electron chi connectivity index (χ2n) is 6.06. The summed E-state index contributed by atoms with van der Waals surface area (Å²) in [6.07, 6.45) is 0. The van der Waals surface area contributed by atoms with Crippen LogP contribution >= 0.6 is 35.0 Å². The van der Waals surface area contributed by atoms with Crippen LogP contribution in [0.3, 0.4) is 0 Å². The lowest BCUT2D eigenvalue weighted by molar-refractivity contribution is -0.113. The van der Waals surface area contributed by atoms with Gasteiger partial charge in [0.2, 0.25) is 11.1 Å². The minimum absolute atomic E-state index is 0.132. The number of rotatable bonds is 5. The van der Waals surface area contributed by atoms with Crippen molar-refractivity contribution in [2.45, 2.75) is 25.9 Å². The van der Waals surface area contributed by atoms with Crippen molar-refractivity contribution in [3.8, 4) is 5.69 Å². The molecule has 0 aliphatic carbocycles. The first-order chi connectivity index (χ1) is 12.9. The molecule has 0 atom stereocenters. The van der Waals surface area contributed by atoms with Crippen molar-refractivity contribution in [3.63, 3.8) is 0 Å². The molecule has 1 aromatic heterocycles. The lowest BCUT2D eigenvalue weighted by Gasteiger charge is -2.12. The third-order valence-electron chi connectivity index (χ3n) is 3.85. The number of aryl methyl sites for hydroxylation is 3. The van der Waals surface area contributed by atoms with Gasteiger partial charge in [0.1, 0.15) is 0 Å². The van der Waals surface area contributed by atoms with Gasteiger partial charge < -0.3 is 5.32 Å². The van der Waals surface area contributed by atoms with Crippen LogP contribution in [0.5, 0.6) is 0 Å². The zero-order valence-electron chi connectivity index (χ0n) is 15.0. The third-order valence-corrected chi connectivity index (χ3v) is 5.58. The molecule has 3 rings (SSSR count). The molecule has 3 aromatic rings. The minimum Gasteiger partial charge on any atom is -0.324 e. The fraction of sp³-hybridized carbons (Fsp3) is 0.222. The predicted octanol–water partition coefficient (Wildman–Crippen LogP) is 4.63. The largest absolute Gasteiger partial charge is 0.324 e. The van der Waals surface area contributed by atoms with Crippen molar-refractivity contribution in [2.75, 3.05) is 11.1 Å². The zero-order chi connectivity index (χ0) is 19.6. The van der Waals surface area contributed by atoms with Gasteiger partial charge in [-0.25, -0.2) is 0 Å². The number of thioether (sulfide) groups is 1. The number of nitrogens with one attached hydrogen (secondary N) is 1. The first kappa shape index (κ1) is 19.7. The summed E-state index contributed by atoms with van der Waals surface area (Å²) in [5.41, 5.74) is 4.70. The highest BCUT2D eigenvalue weighted by Gasteiger charge is 2.16. The number of hydrogen-bond acceptors (Lipinski definition) is 5. The Morgan fingerprint density at radius 2 is 1.89 bits per heavy atom. The molecule has 0 unspecified atom stereocenters. The number of carbonyl (C=O) groups excluding carboxylic acids is 1. The monoisotopic (exact) mass is 421 g/mol. The second kappa shape index (κ2) is 8.29. The highest BCUT2D eigenvalue weighted by atomic mass is 35.5. The summed E-state index contributed by atoms with van der Waals surface area (Å²) in [4.78, 5) is 12.3. The zero-order valence-corrected chi connectivity index (χ0v) is 17.3. The van der Waals surface area contributed by atoms with Crippen molar-refractivity contribution in [1.29, 1.82) is 0 Å². The Bertz CT molecular complexity index is 982. The first-order valence-electron chi connectivity index (χ1n) is 8.10. The fourth-order valence-corrected chi connectivity index (χ4v) is 3.86. The Hall–Kier alpha value is -2.09. The number of aromatic nitrogens is 4. The molecule has 27 heavy (non-hydrogen) atoms. The molecule has 0 saturated heterocycles. The van der Waals surface area contributed by atoms with Crippen LogP contribution in [-0.4, -0.2) is 31.9 Å². The summed E-state index contributed by atoms with van der Waals surface area (Å²) in [6.45, 7) is 6.07. The van der Waals surface area contributed by atoms with E-state index in [9.17, 15) is 4.79 Å². The highest BCUT2D eigenvalue weighted by molar-refractivity contribution is 7.99. The van der Waals surface area contributed by atoms with Crippen LogP contribution < -0.4 is 5.32 Å². The van der Waals surface area contributed by atoms with Gasteiger partial charge in [-0.15, -0.1) is 5.10 Å². The molecule has 1 heterocycles. The number of anilines is 1. The molecule has 9 heteroatoms. The van der Waals surface area contributed by atoms with Gasteiger partial charge in [-0.05, 0) is 54.5 Å². The molecule has 1 N–H and O–H groups in total.